The Kier molecular flexibility index (Phi) is 5.38. The Balaban J connectivity index is 1.37. The van der Waals surface area contributed by atoms with Crippen molar-refractivity contribution in [1.82, 2.24) is 0 Å². The van der Waals surface area contributed by atoms with Gasteiger partial charge in [-0.05, 0) is 105 Å². The van der Waals surface area contributed by atoms with Crippen molar-refractivity contribution in [1.29, 1.82) is 0 Å². The second kappa shape index (κ2) is 9.76. The molecule has 1 aliphatic rings. The van der Waals surface area contributed by atoms with Gasteiger partial charge in [0.2, 0.25) is 0 Å². The molecule has 0 fully saturated rings. The molecule has 0 spiro atoms. The monoisotopic (exact) mass is 580 g/mol. The number of hydrogen-bond acceptors (Lipinski definition) is 0. The van der Waals surface area contributed by atoms with Crippen LogP contribution < -0.4 is 0 Å². The van der Waals surface area contributed by atoms with Crippen LogP contribution in [0.15, 0.2) is 170 Å². The molecule has 212 valence electrons. The van der Waals surface area contributed by atoms with Gasteiger partial charge in [-0.25, -0.2) is 0 Å². The van der Waals surface area contributed by atoms with Crippen LogP contribution in [0.1, 0.15) is 0 Å². The molecule has 0 N–H and O–H groups in total. The highest BCUT2D eigenvalue weighted by atomic mass is 14.3. The van der Waals surface area contributed by atoms with Gasteiger partial charge in [-0.3, -0.25) is 0 Å². The Labute approximate surface area is 267 Å². The van der Waals surface area contributed by atoms with E-state index in [9.17, 15) is 0 Å². The van der Waals surface area contributed by atoms with Crippen LogP contribution in [0.25, 0.3) is 98.7 Å². The summed E-state index contributed by atoms with van der Waals surface area (Å²) >= 11 is 0. The molecular formula is C46H28. The molecule has 0 aromatic heterocycles. The van der Waals surface area contributed by atoms with Gasteiger partial charge in [0.05, 0.1) is 0 Å². The Morgan fingerprint density at radius 2 is 0.717 bits per heavy atom. The van der Waals surface area contributed by atoms with E-state index in [2.05, 4.69) is 170 Å². The first-order chi connectivity index (χ1) is 22.8. The fraction of sp³-hybridized carbons (Fsp3) is 0. The number of rotatable bonds is 2. The standard InChI is InChI=1S/C46H28/c1-2-13-31-28-32(27-26-29(31)12-1)44-37-18-5-7-20-39(37)45(40-21-8-6-19-38(40)44)42-25-11-23-36-34-17-4-3-16-33(34)35-22-9-14-30-15-10-24-41(43(30)35)46(36)42/h1-28H. The molecule has 9 aromatic carbocycles. The van der Waals surface area contributed by atoms with E-state index in [1.165, 1.54) is 98.7 Å². The van der Waals surface area contributed by atoms with Crippen LogP contribution in [0.2, 0.25) is 0 Å². The minimum Gasteiger partial charge on any atom is -0.0616 e. The minimum atomic E-state index is 1.25. The lowest BCUT2D eigenvalue weighted by atomic mass is 9.81. The van der Waals surface area contributed by atoms with Crippen LogP contribution in [0, 0.1) is 0 Å². The van der Waals surface area contributed by atoms with Gasteiger partial charge >= 0.3 is 0 Å². The van der Waals surface area contributed by atoms with E-state index in [0.29, 0.717) is 0 Å². The molecule has 0 heteroatoms. The van der Waals surface area contributed by atoms with Crippen molar-refractivity contribution in [3.8, 4) is 55.6 Å². The zero-order valence-corrected chi connectivity index (χ0v) is 25.2. The molecule has 0 saturated carbocycles. The fourth-order valence-corrected chi connectivity index (χ4v) is 8.08. The molecule has 0 amide bonds. The number of fused-ring (bicyclic) bond motifs is 8. The van der Waals surface area contributed by atoms with Crippen molar-refractivity contribution < 1.29 is 0 Å². The van der Waals surface area contributed by atoms with Crippen LogP contribution in [-0.4, -0.2) is 0 Å². The highest BCUT2D eigenvalue weighted by Crippen LogP contribution is 2.53. The Hall–Kier alpha value is -5.98. The van der Waals surface area contributed by atoms with Gasteiger partial charge in [-0.2, -0.15) is 0 Å². The van der Waals surface area contributed by atoms with E-state index in [-0.39, 0.29) is 0 Å². The summed E-state index contributed by atoms with van der Waals surface area (Å²) in [6.07, 6.45) is 0. The minimum absolute atomic E-state index is 1.25. The third-order valence-electron chi connectivity index (χ3n) is 9.98. The van der Waals surface area contributed by atoms with Crippen molar-refractivity contribution in [3.05, 3.63) is 170 Å². The molecule has 9 aromatic rings. The summed E-state index contributed by atoms with van der Waals surface area (Å²) < 4.78 is 0. The van der Waals surface area contributed by atoms with Gasteiger partial charge in [0, 0.05) is 0 Å². The first-order valence-electron chi connectivity index (χ1n) is 16.0. The molecule has 0 bridgehead atoms. The van der Waals surface area contributed by atoms with Gasteiger partial charge in [0.1, 0.15) is 0 Å². The van der Waals surface area contributed by atoms with E-state index in [4.69, 9.17) is 0 Å². The molecule has 0 unspecified atom stereocenters. The third kappa shape index (κ3) is 3.56. The van der Waals surface area contributed by atoms with Gasteiger partial charge in [0.15, 0.2) is 0 Å². The molecule has 46 heavy (non-hydrogen) atoms. The van der Waals surface area contributed by atoms with E-state index in [1.807, 2.05) is 0 Å². The summed E-state index contributed by atoms with van der Waals surface area (Å²) in [5.41, 5.74) is 12.9. The molecule has 0 heterocycles. The van der Waals surface area contributed by atoms with Crippen LogP contribution >= 0.6 is 0 Å². The van der Waals surface area contributed by atoms with E-state index in [1.54, 1.807) is 0 Å². The number of benzene rings is 9. The Morgan fingerprint density at radius 1 is 0.239 bits per heavy atom. The number of hydrogen-bond donors (Lipinski definition) is 0. The highest BCUT2D eigenvalue weighted by Gasteiger charge is 2.26. The predicted octanol–water partition coefficient (Wildman–Crippen LogP) is 12.9. The quantitative estimate of drug-likeness (QED) is 0.178. The van der Waals surface area contributed by atoms with E-state index >= 15 is 0 Å². The van der Waals surface area contributed by atoms with E-state index in [0.717, 1.165) is 0 Å². The second-order valence-electron chi connectivity index (χ2n) is 12.4. The van der Waals surface area contributed by atoms with E-state index < -0.39 is 0 Å². The third-order valence-corrected chi connectivity index (χ3v) is 9.98. The molecule has 0 nitrogen and oxygen atoms in total. The van der Waals surface area contributed by atoms with Crippen LogP contribution in [0.5, 0.6) is 0 Å². The largest absolute Gasteiger partial charge is 0.0616 e. The van der Waals surface area contributed by atoms with Crippen LogP contribution in [-0.2, 0) is 0 Å². The summed E-state index contributed by atoms with van der Waals surface area (Å²) in [6, 6.07) is 62.9. The Bertz CT molecular complexity index is 2630. The topological polar surface area (TPSA) is 0 Å². The van der Waals surface area contributed by atoms with Crippen molar-refractivity contribution in [2.45, 2.75) is 0 Å². The molecule has 1 aliphatic carbocycles. The molecule has 0 radical (unpaired) electrons. The lowest BCUT2D eigenvalue weighted by Crippen LogP contribution is -1.94. The van der Waals surface area contributed by atoms with Crippen molar-refractivity contribution in [2.75, 3.05) is 0 Å². The van der Waals surface area contributed by atoms with Gasteiger partial charge in [-0.15, -0.1) is 0 Å². The highest BCUT2D eigenvalue weighted by molar-refractivity contribution is 6.25. The smallest absolute Gasteiger partial charge is 0.00197 e. The van der Waals surface area contributed by atoms with Crippen molar-refractivity contribution in [2.24, 2.45) is 0 Å². The van der Waals surface area contributed by atoms with Crippen molar-refractivity contribution >= 4 is 43.1 Å². The lowest BCUT2D eigenvalue weighted by Gasteiger charge is -2.21. The lowest BCUT2D eigenvalue weighted by molar-refractivity contribution is 1.61. The fourth-order valence-electron chi connectivity index (χ4n) is 8.08. The molecule has 10 rings (SSSR count). The molecule has 0 aliphatic heterocycles. The first-order valence-corrected chi connectivity index (χ1v) is 16.0. The molecular weight excluding hydrogens is 553 g/mol. The maximum atomic E-state index is 2.35. The Morgan fingerprint density at radius 3 is 1.43 bits per heavy atom. The SMILES string of the molecule is c1ccc2c(c1)-c1cccc(-c3c4ccccc4c(-c4ccc5ccccc5c4)c4ccccc34)c1-c1cccc3cccc-2c13. The summed E-state index contributed by atoms with van der Waals surface area (Å²) in [6.45, 7) is 0. The summed E-state index contributed by atoms with van der Waals surface area (Å²) in [5, 5.41) is 10.2. The second-order valence-corrected chi connectivity index (χ2v) is 12.4. The van der Waals surface area contributed by atoms with Gasteiger partial charge < -0.3 is 0 Å². The van der Waals surface area contributed by atoms with Gasteiger partial charge in [-0.1, -0.05) is 164 Å². The molecule has 0 atom stereocenters. The zero-order valence-electron chi connectivity index (χ0n) is 25.2. The van der Waals surface area contributed by atoms with Crippen LogP contribution in [0.4, 0.5) is 0 Å². The average molecular weight is 581 g/mol. The zero-order chi connectivity index (χ0) is 30.2. The predicted molar refractivity (Wildman–Crippen MR) is 197 cm³/mol. The molecule has 0 saturated heterocycles. The van der Waals surface area contributed by atoms with Gasteiger partial charge in [0.25, 0.3) is 0 Å². The summed E-state index contributed by atoms with van der Waals surface area (Å²) in [4.78, 5) is 0. The van der Waals surface area contributed by atoms with Crippen molar-refractivity contribution in [3.63, 3.8) is 0 Å². The van der Waals surface area contributed by atoms with Crippen LogP contribution in [0.3, 0.4) is 0 Å². The summed E-state index contributed by atoms with van der Waals surface area (Å²) in [7, 11) is 0. The summed E-state index contributed by atoms with van der Waals surface area (Å²) in [5.74, 6) is 0. The maximum absolute atomic E-state index is 2.35. The average Bonchev–Trinajstić information content (AvgIpc) is 3.24. The maximum Gasteiger partial charge on any atom is -0.00197 e. The normalized spacial score (nSPS) is 11.9. The first kappa shape index (κ1) is 25.4.